The molecule has 2 amide bonds. The Morgan fingerprint density at radius 1 is 0.971 bits per heavy atom. The molecule has 0 aromatic heterocycles. The molecule has 2 aromatic carbocycles. The van der Waals surface area contributed by atoms with Crippen LogP contribution in [0.1, 0.15) is 45.2 Å². The van der Waals surface area contributed by atoms with Crippen molar-refractivity contribution in [1.82, 2.24) is 10.2 Å². The topological polar surface area (TPSA) is 86.8 Å². The normalized spacial score (nSPS) is 12.3. The van der Waals surface area contributed by atoms with E-state index >= 15 is 0 Å². The number of amides is 2. The van der Waals surface area contributed by atoms with Crippen LogP contribution in [-0.4, -0.2) is 50.5 Å². The number of sulfonamides is 1. The van der Waals surface area contributed by atoms with Gasteiger partial charge in [0.25, 0.3) is 0 Å². The number of anilines is 1. The minimum absolute atomic E-state index is 0.209. The lowest BCUT2D eigenvalue weighted by Gasteiger charge is -2.33. The molecule has 0 fully saturated rings. The predicted octanol–water partition coefficient (Wildman–Crippen LogP) is 3.59. The fourth-order valence-electron chi connectivity index (χ4n) is 3.77. The molecule has 0 bridgehead atoms. The number of nitrogens with one attached hydrogen (secondary N) is 1. The average molecular weight is 488 g/mol. The van der Waals surface area contributed by atoms with Crippen LogP contribution in [0.3, 0.4) is 0 Å². The fourth-order valence-corrected chi connectivity index (χ4v) is 4.65. The highest BCUT2D eigenvalue weighted by Crippen LogP contribution is 2.24. The maximum atomic E-state index is 13.7. The van der Waals surface area contributed by atoms with Gasteiger partial charge in [-0.3, -0.25) is 13.9 Å². The third-order valence-electron chi connectivity index (χ3n) is 5.59. The van der Waals surface area contributed by atoms with Gasteiger partial charge in [-0.2, -0.15) is 0 Å². The van der Waals surface area contributed by atoms with Crippen LogP contribution >= 0.6 is 0 Å². The summed E-state index contributed by atoms with van der Waals surface area (Å²) >= 11 is 0. The second-order valence-corrected chi connectivity index (χ2v) is 10.7. The zero-order valence-electron chi connectivity index (χ0n) is 20.8. The number of rotatable bonds is 12. The SMILES string of the molecule is CCc1ccccc1N(CC(=O)N(Cc1ccccc1)C(CC)C(=O)NCC(C)C)S(C)(=O)=O. The lowest BCUT2D eigenvalue weighted by Crippen LogP contribution is -2.52. The van der Waals surface area contributed by atoms with E-state index in [0.29, 0.717) is 25.1 Å². The molecule has 34 heavy (non-hydrogen) atoms. The van der Waals surface area contributed by atoms with Gasteiger partial charge in [-0.05, 0) is 36.0 Å². The maximum absolute atomic E-state index is 13.7. The van der Waals surface area contributed by atoms with Crippen LogP contribution in [0.15, 0.2) is 54.6 Å². The van der Waals surface area contributed by atoms with E-state index in [2.05, 4.69) is 5.32 Å². The number of carbonyl (C=O) groups is 2. The monoisotopic (exact) mass is 487 g/mol. The molecule has 1 atom stereocenters. The molecule has 0 aliphatic heterocycles. The Kier molecular flexibility index (Phi) is 10.1. The lowest BCUT2D eigenvalue weighted by molar-refractivity contribution is -0.140. The van der Waals surface area contributed by atoms with Crippen LogP contribution in [0.4, 0.5) is 5.69 Å². The highest BCUT2D eigenvalue weighted by Gasteiger charge is 2.32. The number of nitrogens with zero attached hydrogens (tertiary/aromatic N) is 2. The summed E-state index contributed by atoms with van der Waals surface area (Å²) in [7, 11) is -3.74. The molecule has 1 N–H and O–H groups in total. The van der Waals surface area contributed by atoms with E-state index in [1.54, 1.807) is 12.1 Å². The highest BCUT2D eigenvalue weighted by molar-refractivity contribution is 7.92. The van der Waals surface area contributed by atoms with Gasteiger partial charge < -0.3 is 10.2 Å². The molecule has 1 unspecified atom stereocenters. The first-order valence-electron chi connectivity index (χ1n) is 11.7. The van der Waals surface area contributed by atoms with Crippen molar-refractivity contribution in [3.8, 4) is 0 Å². The molecule has 186 valence electrons. The van der Waals surface area contributed by atoms with Crippen molar-refractivity contribution in [2.24, 2.45) is 5.92 Å². The molecule has 2 aromatic rings. The fraction of sp³-hybridized carbons (Fsp3) is 0.462. The summed E-state index contributed by atoms with van der Waals surface area (Å²) < 4.78 is 26.6. The van der Waals surface area contributed by atoms with Gasteiger partial charge in [0.05, 0.1) is 11.9 Å². The van der Waals surface area contributed by atoms with Crippen LogP contribution in [0.5, 0.6) is 0 Å². The molecule has 0 heterocycles. The van der Waals surface area contributed by atoms with Crippen LogP contribution in [-0.2, 0) is 32.6 Å². The van der Waals surface area contributed by atoms with Gasteiger partial charge in [0.1, 0.15) is 12.6 Å². The molecule has 0 saturated carbocycles. The van der Waals surface area contributed by atoms with E-state index in [1.807, 2.05) is 70.2 Å². The highest BCUT2D eigenvalue weighted by atomic mass is 32.2. The van der Waals surface area contributed by atoms with Crippen molar-refractivity contribution in [2.75, 3.05) is 23.7 Å². The van der Waals surface area contributed by atoms with Gasteiger partial charge in [0, 0.05) is 13.1 Å². The molecule has 7 nitrogen and oxygen atoms in total. The van der Waals surface area contributed by atoms with E-state index < -0.39 is 22.0 Å². The molecule has 0 aliphatic carbocycles. The van der Waals surface area contributed by atoms with E-state index in [4.69, 9.17) is 0 Å². The quantitative estimate of drug-likeness (QED) is 0.496. The summed E-state index contributed by atoms with van der Waals surface area (Å²) in [4.78, 5) is 28.2. The molecular weight excluding hydrogens is 450 g/mol. The van der Waals surface area contributed by atoms with Crippen molar-refractivity contribution < 1.29 is 18.0 Å². The maximum Gasteiger partial charge on any atom is 0.244 e. The van der Waals surface area contributed by atoms with E-state index in [-0.39, 0.29) is 24.9 Å². The van der Waals surface area contributed by atoms with Crippen molar-refractivity contribution in [2.45, 2.75) is 53.1 Å². The summed E-state index contributed by atoms with van der Waals surface area (Å²) in [5.74, 6) is -0.391. The first-order valence-corrected chi connectivity index (χ1v) is 13.6. The minimum Gasteiger partial charge on any atom is -0.354 e. The summed E-state index contributed by atoms with van der Waals surface area (Å²) in [6.07, 6.45) is 2.13. The number of hydrogen-bond acceptors (Lipinski definition) is 4. The predicted molar refractivity (Wildman–Crippen MR) is 137 cm³/mol. The first kappa shape index (κ1) is 27.4. The Morgan fingerprint density at radius 3 is 2.15 bits per heavy atom. The molecule has 0 saturated heterocycles. The summed E-state index contributed by atoms with van der Waals surface area (Å²) in [6, 6.07) is 15.9. The molecular formula is C26H37N3O4S. The average Bonchev–Trinajstić information content (AvgIpc) is 2.80. The summed E-state index contributed by atoms with van der Waals surface area (Å²) in [5.41, 5.74) is 2.18. The summed E-state index contributed by atoms with van der Waals surface area (Å²) in [5, 5.41) is 2.92. The van der Waals surface area contributed by atoms with Gasteiger partial charge in [-0.25, -0.2) is 8.42 Å². The molecule has 0 aliphatic rings. The van der Waals surface area contributed by atoms with Gasteiger partial charge in [0.15, 0.2) is 0 Å². The molecule has 2 rings (SSSR count). The zero-order chi connectivity index (χ0) is 25.3. The lowest BCUT2D eigenvalue weighted by atomic mass is 10.1. The number of carbonyl (C=O) groups excluding carboxylic acids is 2. The third kappa shape index (κ3) is 7.58. The van der Waals surface area contributed by atoms with Gasteiger partial charge in [-0.1, -0.05) is 76.2 Å². The standard InChI is InChI=1S/C26H37N3O4S/c1-6-22-15-11-12-16-24(22)29(34(5,32)33)19-25(30)28(18-21-13-9-8-10-14-21)23(7-2)26(31)27-17-20(3)4/h8-16,20,23H,6-7,17-19H2,1-5H3,(H,27,31). The number of benzene rings is 2. The zero-order valence-corrected chi connectivity index (χ0v) is 21.6. The molecule has 8 heteroatoms. The van der Waals surface area contributed by atoms with E-state index in [0.717, 1.165) is 21.7 Å². The van der Waals surface area contributed by atoms with Gasteiger partial charge >= 0.3 is 0 Å². The Morgan fingerprint density at radius 2 is 1.59 bits per heavy atom. The molecule has 0 spiro atoms. The largest absolute Gasteiger partial charge is 0.354 e. The number of hydrogen-bond donors (Lipinski definition) is 1. The van der Waals surface area contributed by atoms with Gasteiger partial charge in [0.2, 0.25) is 21.8 Å². The third-order valence-corrected chi connectivity index (χ3v) is 6.71. The Labute approximate surface area is 204 Å². The van der Waals surface area contributed by atoms with Crippen LogP contribution < -0.4 is 9.62 Å². The summed E-state index contributed by atoms with van der Waals surface area (Å²) in [6.45, 7) is 8.13. The Bertz CT molecular complexity index is 1050. The number of para-hydroxylation sites is 1. The van der Waals surface area contributed by atoms with Crippen molar-refractivity contribution in [1.29, 1.82) is 0 Å². The second-order valence-electron chi connectivity index (χ2n) is 8.82. The van der Waals surface area contributed by atoms with Gasteiger partial charge in [-0.15, -0.1) is 0 Å². The smallest absolute Gasteiger partial charge is 0.244 e. The minimum atomic E-state index is -3.74. The van der Waals surface area contributed by atoms with Crippen molar-refractivity contribution >= 4 is 27.5 Å². The van der Waals surface area contributed by atoms with Crippen LogP contribution in [0, 0.1) is 5.92 Å². The van der Waals surface area contributed by atoms with Crippen molar-refractivity contribution in [3.63, 3.8) is 0 Å². The van der Waals surface area contributed by atoms with Crippen molar-refractivity contribution in [3.05, 3.63) is 65.7 Å². The Hall–Kier alpha value is -2.87. The number of aryl methyl sites for hydroxylation is 1. The first-order chi connectivity index (χ1) is 16.1. The van der Waals surface area contributed by atoms with E-state index in [9.17, 15) is 18.0 Å². The molecule has 0 radical (unpaired) electrons. The van der Waals surface area contributed by atoms with E-state index in [1.165, 1.54) is 4.90 Å². The van der Waals surface area contributed by atoms with Crippen LogP contribution in [0.25, 0.3) is 0 Å². The van der Waals surface area contributed by atoms with Crippen LogP contribution in [0.2, 0.25) is 0 Å². The second kappa shape index (κ2) is 12.6. The Balaban J connectivity index is 2.43.